The summed E-state index contributed by atoms with van der Waals surface area (Å²) in [6, 6.07) is 1.80. The number of rotatable bonds is 6. The zero-order chi connectivity index (χ0) is 11.8. The fourth-order valence-corrected chi connectivity index (χ4v) is 1.72. The lowest BCUT2D eigenvalue weighted by atomic mass is 10.2. The molecule has 0 aliphatic rings. The minimum Gasteiger partial charge on any atom is -0.295 e. The average molecular weight is 239 g/mol. The Hall–Kier alpha value is -1.10. The molecule has 0 spiro atoms. The van der Waals surface area contributed by atoms with E-state index in [0.29, 0.717) is 12.4 Å². The lowest BCUT2D eigenvalue weighted by Gasteiger charge is -2.03. The molecule has 5 heteroatoms. The van der Waals surface area contributed by atoms with Crippen molar-refractivity contribution >= 4 is 23.6 Å². The summed E-state index contributed by atoms with van der Waals surface area (Å²) in [5.74, 6) is 1.50. The molecule has 0 saturated heterocycles. The number of aromatic nitrogens is 2. The molecule has 0 atom stereocenters. The predicted molar refractivity (Wildman–Crippen MR) is 67.6 cm³/mol. The number of carbonyl (C=O) groups excluding carboxylic acids is 1. The molecule has 1 amide bonds. The van der Waals surface area contributed by atoms with Gasteiger partial charge in [0, 0.05) is 18.3 Å². The molecule has 1 aromatic rings. The second-order valence-electron chi connectivity index (χ2n) is 3.52. The van der Waals surface area contributed by atoms with Crippen LogP contribution in [0.4, 0.5) is 5.95 Å². The van der Waals surface area contributed by atoms with Gasteiger partial charge in [-0.1, -0.05) is 0 Å². The van der Waals surface area contributed by atoms with E-state index in [-0.39, 0.29) is 5.91 Å². The Morgan fingerprint density at radius 3 is 3.00 bits per heavy atom. The van der Waals surface area contributed by atoms with Gasteiger partial charge in [0.1, 0.15) is 0 Å². The summed E-state index contributed by atoms with van der Waals surface area (Å²) in [6.07, 6.45) is 6.24. The average Bonchev–Trinajstić information content (AvgIpc) is 2.24. The molecule has 16 heavy (non-hydrogen) atoms. The highest BCUT2D eigenvalue weighted by molar-refractivity contribution is 7.98. The second-order valence-corrected chi connectivity index (χ2v) is 4.51. The van der Waals surface area contributed by atoms with Gasteiger partial charge in [0.05, 0.1) is 0 Å². The van der Waals surface area contributed by atoms with E-state index in [9.17, 15) is 4.79 Å². The predicted octanol–water partition coefficient (Wildman–Crippen LogP) is 2.26. The molecule has 1 heterocycles. The van der Waals surface area contributed by atoms with Gasteiger partial charge in [0.2, 0.25) is 11.9 Å². The second kappa shape index (κ2) is 7.22. The van der Waals surface area contributed by atoms with Crippen molar-refractivity contribution in [3.05, 3.63) is 18.0 Å². The first-order valence-corrected chi connectivity index (χ1v) is 6.70. The summed E-state index contributed by atoms with van der Waals surface area (Å²) < 4.78 is 0. The summed E-state index contributed by atoms with van der Waals surface area (Å²) in [6.45, 7) is 1.87. The fourth-order valence-electron chi connectivity index (χ4n) is 1.23. The molecule has 1 aromatic heterocycles. The van der Waals surface area contributed by atoms with Gasteiger partial charge in [0.25, 0.3) is 0 Å². The van der Waals surface area contributed by atoms with Gasteiger partial charge in [-0.05, 0) is 37.8 Å². The zero-order valence-electron chi connectivity index (χ0n) is 9.69. The number of unbranched alkanes of at least 4 members (excludes halogenated alkanes) is 1. The molecule has 0 bridgehead atoms. The summed E-state index contributed by atoms with van der Waals surface area (Å²) in [5, 5.41) is 2.69. The number of amides is 1. The molecule has 0 saturated carbocycles. The molecule has 1 N–H and O–H groups in total. The summed E-state index contributed by atoms with van der Waals surface area (Å²) in [4.78, 5) is 19.6. The minimum atomic E-state index is -0.00768. The number of nitrogens with one attached hydrogen (secondary N) is 1. The van der Waals surface area contributed by atoms with Crippen molar-refractivity contribution in [1.29, 1.82) is 0 Å². The maximum atomic E-state index is 11.5. The normalized spacial score (nSPS) is 10.1. The zero-order valence-corrected chi connectivity index (χ0v) is 10.5. The molecule has 0 aromatic carbocycles. The molecular formula is C11H17N3OS. The molecular weight excluding hydrogens is 222 g/mol. The first kappa shape index (κ1) is 13.0. The fraction of sp³-hybridized carbons (Fsp3) is 0.545. The molecule has 4 nitrogen and oxygen atoms in total. The number of hydrogen-bond acceptors (Lipinski definition) is 4. The van der Waals surface area contributed by atoms with Crippen molar-refractivity contribution in [2.75, 3.05) is 17.3 Å². The summed E-state index contributed by atoms with van der Waals surface area (Å²) >= 11 is 1.80. The maximum Gasteiger partial charge on any atom is 0.229 e. The Labute approximate surface area is 100 Å². The molecule has 88 valence electrons. The smallest absolute Gasteiger partial charge is 0.229 e. The largest absolute Gasteiger partial charge is 0.295 e. The van der Waals surface area contributed by atoms with Crippen molar-refractivity contribution in [3.8, 4) is 0 Å². The molecule has 1 rings (SSSR count). The van der Waals surface area contributed by atoms with Gasteiger partial charge < -0.3 is 0 Å². The number of aryl methyl sites for hydroxylation is 1. The Kier molecular flexibility index (Phi) is 5.85. The van der Waals surface area contributed by atoms with E-state index in [1.807, 2.05) is 6.92 Å². The van der Waals surface area contributed by atoms with Gasteiger partial charge in [-0.2, -0.15) is 11.8 Å². The highest BCUT2D eigenvalue weighted by Gasteiger charge is 2.03. The van der Waals surface area contributed by atoms with E-state index in [1.165, 1.54) is 0 Å². The number of anilines is 1. The SMILES string of the molecule is CSCCCCC(=O)Nc1nccc(C)n1. The van der Waals surface area contributed by atoms with Crippen LogP contribution < -0.4 is 5.32 Å². The van der Waals surface area contributed by atoms with Crippen molar-refractivity contribution < 1.29 is 4.79 Å². The Balaban J connectivity index is 2.29. The quantitative estimate of drug-likeness (QED) is 0.774. The Morgan fingerprint density at radius 1 is 1.50 bits per heavy atom. The topological polar surface area (TPSA) is 54.9 Å². The van der Waals surface area contributed by atoms with Gasteiger partial charge in [-0.25, -0.2) is 9.97 Å². The van der Waals surface area contributed by atoms with Crippen LogP contribution in [0.5, 0.6) is 0 Å². The number of carbonyl (C=O) groups is 1. The Morgan fingerprint density at radius 2 is 2.31 bits per heavy atom. The third-order valence-corrected chi connectivity index (χ3v) is 2.75. The van der Waals surface area contributed by atoms with Crippen LogP contribution in [0.15, 0.2) is 12.3 Å². The highest BCUT2D eigenvalue weighted by Crippen LogP contribution is 2.04. The maximum absolute atomic E-state index is 11.5. The van der Waals surface area contributed by atoms with Crippen LogP contribution >= 0.6 is 11.8 Å². The summed E-state index contributed by atoms with van der Waals surface area (Å²) in [7, 11) is 0. The van der Waals surface area contributed by atoms with Crippen molar-refractivity contribution in [3.63, 3.8) is 0 Å². The van der Waals surface area contributed by atoms with E-state index in [2.05, 4.69) is 21.5 Å². The van der Waals surface area contributed by atoms with Crippen LogP contribution in [-0.4, -0.2) is 27.9 Å². The van der Waals surface area contributed by atoms with Crippen LogP contribution in [0, 0.1) is 6.92 Å². The van der Waals surface area contributed by atoms with Gasteiger partial charge in [-0.15, -0.1) is 0 Å². The lowest BCUT2D eigenvalue weighted by molar-refractivity contribution is -0.116. The summed E-state index contributed by atoms with van der Waals surface area (Å²) in [5.41, 5.74) is 0.854. The molecule has 0 unspecified atom stereocenters. The van der Waals surface area contributed by atoms with Crippen LogP contribution in [0.1, 0.15) is 25.0 Å². The molecule has 0 aliphatic carbocycles. The van der Waals surface area contributed by atoms with E-state index in [0.717, 1.165) is 24.3 Å². The van der Waals surface area contributed by atoms with E-state index in [4.69, 9.17) is 0 Å². The van der Waals surface area contributed by atoms with Crippen molar-refractivity contribution in [2.45, 2.75) is 26.2 Å². The number of nitrogens with zero attached hydrogens (tertiary/aromatic N) is 2. The Bertz CT molecular complexity index is 344. The van der Waals surface area contributed by atoms with Gasteiger partial charge in [0.15, 0.2) is 0 Å². The third-order valence-electron chi connectivity index (χ3n) is 2.05. The van der Waals surface area contributed by atoms with E-state index < -0.39 is 0 Å². The first-order chi connectivity index (χ1) is 7.72. The number of thioether (sulfide) groups is 1. The lowest BCUT2D eigenvalue weighted by Crippen LogP contribution is -2.13. The van der Waals surface area contributed by atoms with E-state index in [1.54, 1.807) is 24.0 Å². The van der Waals surface area contributed by atoms with Crippen molar-refractivity contribution in [2.24, 2.45) is 0 Å². The molecule has 0 aliphatic heterocycles. The van der Waals surface area contributed by atoms with Gasteiger partial charge in [-0.3, -0.25) is 10.1 Å². The van der Waals surface area contributed by atoms with Crippen LogP contribution in [0.25, 0.3) is 0 Å². The monoisotopic (exact) mass is 239 g/mol. The first-order valence-electron chi connectivity index (χ1n) is 5.31. The molecule has 0 fully saturated rings. The third kappa shape index (κ3) is 5.11. The van der Waals surface area contributed by atoms with Crippen molar-refractivity contribution in [1.82, 2.24) is 9.97 Å². The van der Waals surface area contributed by atoms with Crippen LogP contribution in [0.2, 0.25) is 0 Å². The molecule has 0 radical (unpaired) electrons. The minimum absolute atomic E-state index is 0.00768. The van der Waals surface area contributed by atoms with Gasteiger partial charge >= 0.3 is 0 Å². The van der Waals surface area contributed by atoms with Crippen LogP contribution in [0.3, 0.4) is 0 Å². The number of hydrogen-bond donors (Lipinski definition) is 1. The highest BCUT2D eigenvalue weighted by atomic mass is 32.2. The standard InChI is InChI=1S/C11H17N3OS/c1-9-6-7-12-11(13-9)14-10(15)5-3-4-8-16-2/h6-7H,3-5,8H2,1-2H3,(H,12,13,14,15). The van der Waals surface area contributed by atoms with E-state index >= 15 is 0 Å². The van der Waals surface area contributed by atoms with Crippen LogP contribution in [-0.2, 0) is 4.79 Å².